The molecule has 0 heterocycles. The highest BCUT2D eigenvalue weighted by molar-refractivity contribution is 5.83. The van der Waals surface area contributed by atoms with E-state index in [2.05, 4.69) is 48.2 Å². The van der Waals surface area contributed by atoms with Gasteiger partial charge in [0.2, 0.25) is 0 Å². The summed E-state index contributed by atoms with van der Waals surface area (Å²) >= 11 is 0. The van der Waals surface area contributed by atoms with Gasteiger partial charge in [-0.15, -0.1) is 0 Å². The van der Waals surface area contributed by atoms with E-state index in [4.69, 9.17) is 5.73 Å². The number of fused-ring (bicyclic) bond motifs is 1. The molecule has 0 aromatic heterocycles. The van der Waals surface area contributed by atoms with Gasteiger partial charge < -0.3 is 5.73 Å². The lowest BCUT2D eigenvalue weighted by Gasteiger charge is -2.14. The lowest BCUT2D eigenvalue weighted by atomic mass is 10.0. The average molecular weight is 214 g/mol. The highest BCUT2D eigenvalue weighted by Gasteiger charge is 2.00. The normalized spacial score (nSPS) is 11.2. The van der Waals surface area contributed by atoms with E-state index in [0.717, 1.165) is 6.54 Å². The summed E-state index contributed by atoms with van der Waals surface area (Å²) in [5.41, 5.74) is 8.19. The minimum atomic E-state index is 0.589. The second kappa shape index (κ2) is 4.64. The Morgan fingerprint density at radius 3 is 2.50 bits per heavy atom. The zero-order valence-corrected chi connectivity index (χ0v) is 9.90. The van der Waals surface area contributed by atoms with E-state index < -0.39 is 0 Å². The topological polar surface area (TPSA) is 29.3 Å². The number of hydrogen-bond acceptors (Lipinski definition) is 2. The molecule has 0 saturated carbocycles. The number of aryl methyl sites for hydroxylation is 1. The van der Waals surface area contributed by atoms with Gasteiger partial charge in [0, 0.05) is 13.2 Å². The van der Waals surface area contributed by atoms with Gasteiger partial charge in [-0.25, -0.2) is 0 Å². The first-order chi connectivity index (χ1) is 7.69. The van der Waals surface area contributed by atoms with Crippen molar-refractivity contribution in [1.82, 2.24) is 4.90 Å². The summed E-state index contributed by atoms with van der Waals surface area (Å²) in [6.07, 6.45) is 0. The van der Waals surface area contributed by atoms with Crippen LogP contribution in [-0.4, -0.2) is 18.6 Å². The Labute approximate surface area is 96.7 Å². The van der Waals surface area contributed by atoms with Crippen molar-refractivity contribution >= 4 is 10.8 Å². The average Bonchev–Trinajstić information content (AvgIpc) is 2.29. The summed E-state index contributed by atoms with van der Waals surface area (Å²) in [6, 6.07) is 13.1. The Hall–Kier alpha value is -1.38. The standard InChI is InChI=1S/C14H18N2/c1-11-3-5-14-8-12(9-16(2)10-15)4-6-13(14)7-11/h3-8H,9-10,15H2,1-2H3. The van der Waals surface area contributed by atoms with Gasteiger partial charge in [0.05, 0.1) is 0 Å². The van der Waals surface area contributed by atoms with Crippen molar-refractivity contribution in [3.05, 3.63) is 47.5 Å². The third-order valence-electron chi connectivity index (χ3n) is 2.82. The van der Waals surface area contributed by atoms with Crippen molar-refractivity contribution in [3.63, 3.8) is 0 Å². The fourth-order valence-corrected chi connectivity index (χ4v) is 1.89. The summed E-state index contributed by atoms with van der Waals surface area (Å²) in [5, 5.41) is 2.60. The fourth-order valence-electron chi connectivity index (χ4n) is 1.89. The lowest BCUT2D eigenvalue weighted by Crippen LogP contribution is -2.24. The highest BCUT2D eigenvalue weighted by Crippen LogP contribution is 2.18. The monoisotopic (exact) mass is 214 g/mol. The molecule has 0 atom stereocenters. The van der Waals surface area contributed by atoms with Gasteiger partial charge in [0.15, 0.2) is 0 Å². The second-order valence-electron chi connectivity index (χ2n) is 4.38. The van der Waals surface area contributed by atoms with Crippen LogP contribution in [0.15, 0.2) is 36.4 Å². The molecule has 0 aliphatic carbocycles. The zero-order valence-electron chi connectivity index (χ0n) is 9.90. The van der Waals surface area contributed by atoms with E-state index in [1.807, 2.05) is 7.05 Å². The molecule has 0 amide bonds. The van der Waals surface area contributed by atoms with Crippen LogP contribution in [0.2, 0.25) is 0 Å². The molecular formula is C14H18N2. The summed E-state index contributed by atoms with van der Waals surface area (Å²) in [6.45, 7) is 3.61. The number of benzene rings is 2. The largest absolute Gasteiger partial charge is 0.318 e. The minimum Gasteiger partial charge on any atom is -0.318 e. The number of hydrogen-bond donors (Lipinski definition) is 1. The molecular weight excluding hydrogens is 196 g/mol. The van der Waals surface area contributed by atoms with Crippen LogP contribution in [-0.2, 0) is 6.54 Å². The molecule has 0 saturated heterocycles. The van der Waals surface area contributed by atoms with E-state index in [-0.39, 0.29) is 0 Å². The van der Waals surface area contributed by atoms with Crippen molar-refractivity contribution in [1.29, 1.82) is 0 Å². The maximum Gasteiger partial charge on any atom is 0.0455 e. The molecule has 2 rings (SSSR count). The van der Waals surface area contributed by atoms with E-state index in [9.17, 15) is 0 Å². The summed E-state index contributed by atoms with van der Waals surface area (Å²) in [7, 11) is 2.03. The molecule has 0 spiro atoms. The Kier molecular flexibility index (Phi) is 3.22. The molecule has 84 valence electrons. The number of nitrogens with zero attached hydrogens (tertiary/aromatic N) is 1. The van der Waals surface area contributed by atoms with Crippen molar-refractivity contribution in [3.8, 4) is 0 Å². The van der Waals surface area contributed by atoms with Crippen molar-refractivity contribution in [2.24, 2.45) is 5.73 Å². The van der Waals surface area contributed by atoms with Gasteiger partial charge in [-0.1, -0.05) is 35.9 Å². The molecule has 2 nitrogen and oxygen atoms in total. The Bertz CT molecular complexity index is 491. The first-order valence-corrected chi connectivity index (χ1v) is 5.57. The number of rotatable bonds is 3. The van der Waals surface area contributed by atoms with Crippen LogP contribution in [0.3, 0.4) is 0 Å². The Morgan fingerprint density at radius 2 is 1.75 bits per heavy atom. The summed E-state index contributed by atoms with van der Waals surface area (Å²) in [4.78, 5) is 2.09. The molecule has 0 unspecified atom stereocenters. The molecule has 0 aliphatic heterocycles. The first kappa shape index (κ1) is 11.1. The van der Waals surface area contributed by atoms with Crippen LogP contribution in [0.1, 0.15) is 11.1 Å². The maximum atomic E-state index is 5.58. The van der Waals surface area contributed by atoms with E-state index in [0.29, 0.717) is 6.67 Å². The first-order valence-electron chi connectivity index (χ1n) is 5.57. The molecule has 0 fully saturated rings. The van der Waals surface area contributed by atoms with Gasteiger partial charge >= 0.3 is 0 Å². The molecule has 2 N–H and O–H groups in total. The molecule has 16 heavy (non-hydrogen) atoms. The lowest BCUT2D eigenvalue weighted by molar-refractivity contribution is 0.337. The fraction of sp³-hybridized carbons (Fsp3) is 0.286. The van der Waals surface area contributed by atoms with Gasteiger partial charge in [-0.2, -0.15) is 0 Å². The van der Waals surface area contributed by atoms with E-state index >= 15 is 0 Å². The van der Waals surface area contributed by atoms with Gasteiger partial charge in [-0.05, 0) is 36.4 Å². The maximum absolute atomic E-state index is 5.58. The summed E-state index contributed by atoms with van der Waals surface area (Å²) < 4.78 is 0. The van der Waals surface area contributed by atoms with Crippen molar-refractivity contribution in [2.45, 2.75) is 13.5 Å². The Morgan fingerprint density at radius 1 is 1.06 bits per heavy atom. The second-order valence-corrected chi connectivity index (χ2v) is 4.38. The van der Waals surface area contributed by atoms with E-state index in [1.54, 1.807) is 0 Å². The number of nitrogens with two attached hydrogens (primary N) is 1. The third-order valence-corrected chi connectivity index (χ3v) is 2.82. The molecule has 0 bridgehead atoms. The van der Waals surface area contributed by atoms with Gasteiger partial charge in [0.25, 0.3) is 0 Å². The molecule has 0 radical (unpaired) electrons. The quantitative estimate of drug-likeness (QED) is 0.795. The summed E-state index contributed by atoms with van der Waals surface area (Å²) in [5.74, 6) is 0. The van der Waals surface area contributed by atoms with E-state index in [1.165, 1.54) is 21.9 Å². The minimum absolute atomic E-state index is 0.589. The highest BCUT2D eigenvalue weighted by atomic mass is 15.1. The third kappa shape index (κ3) is 2.40. The molecule has 2 aromatic carbocycles. The van der Waals surface area contributed by atoms with Crippen LogP contribution in [0.25, 0.3) is 10.8 Å². The van der Waals surface area contributed by atoms with Crippen molar-refractivity contribution < 1.29 is 0 Å². The zero-order chi connectivity index (χ0) is 11.5. The van der Waals surface area contributed by atoms with Crippen LogP contribution in [0.5, 0.6) is 0 Å². The van der Waals surface area contributed by atoms with Crippen LogP contribution in [0.4, 0.5) is 0 Å². The molecule has 2 heteroatoms. The van der Waals surface area contributed by atoms with Crippen LogP contribution in [0, 0.1) is 6.92 Å². The predicted molar refractivity (Wildman–Crippen MR) is 69.2 cm³/mol. The van der Waals surface area contributed by atoms with Crippen LogP contribution < -0.4 is 5.73 Å². The van der Waals surface area contributed by atoms with Crippen molar-refractivity contribution in [2.75, 3.05) is 13.7 Å². The SMILES string of the molecule is Cc1ccc2cc(CN(C)CN)ccc2c1. The Balaban J connectivity index is 2.33. The van der Waals surface area contributed by atoms with Gasteiger partial charge in [0.1, 0.15) is 0 Å². The van der Waals surface area contributed by atoms with Crippen LogP contribution >= 0.6 is 0 Å². The molecule has 0 aliphatic rings. The van der Waals surface area contributed by atoms with Gasteiger partial charge in [-0.3, -0.25) is 4.90 Å². The predicted octanol–water partition coefficient (Wildman–Crippen LogP) is 2.50. The molecule has 2 aromatic rings. The smallest absolute Gasteiger partial charge is 0.0455 e.